The molecule has 0 fully saturated rings. The Bertz CT molecular complexity index is 579. The molecule has 0 radical (unpaired) electrons. The topological polar surface area (TPSA) is 20.2 Å². The zero-order valence-corrected chi connectivity index (χ0v) is 14.9. The van der Waals surface area contributed by atoms with E-state index in [1.165, 1.54) is 11.1 Å². The molecule has 0 aliphatic heterocycles. The lowest BCUT2D eigenvalue weighted by molar-refractivity contribution is -0.0364. The zero-order chi connectivity index (χ0) is 16.6. The van der Waals surface area contributed by atoms with E-state index in [1.54, 1.807) is 0 Å². The standard InChI is InChI=1S/C21H30O/c1-19(2,3)18-15-17(14-16-10-8-7-9-11-16)12-13-21(18,22)20(4,5)6/h7-12,15,22H,13-14H2,1-6H3. The summed E-state index contributed by atoms with van der Waals surface area (Å²) < 4.78 is 0. The van der Waals surface area contributed by atoms with Crippen LogP contribution in [0.2, 0.25) is 0 Å². The second kappa shape index (κ2) is 5.70. The van der Waals surface area contributed by atoms with Crippen molar-refractivity contribution in [2.24, 2.45) is 10.8 Å². The van der Waals surface area contributed by atoms with Crippen LogP contribution in [0.1, 0.15) is 53.5 Å². The third-order valence-corrected chi connectivity index (χ3v) is 4.73. The van der Waals surface area contributed by atoms with Crippen molar-refractivity contribution in [2.45, 2.75) is 60.0 Å². The van der Waals surface area contributed by atoms with E-state index in [0.29, 0.717) is 6.42 Å². The van der Waals surface area contributed by atoms with Gasteiger partial charge in [0.05, 0.1) is 5.60 Å². The van der Waals surface area contributed by atoms with Crippen LogP contribution in [-0.4, -0.2) is 10.7 Å². The molecule has 1 atom stereocenters. The van der Waals surface area contributed by atoms with Crippen LogP contribution in [0.4, 0.5) is 0 Å². The average Bonchev–Trinajstić information content (AvgIpc) is 2.40. The van der Waals surface area contributed by atoms with Crippen molar-refractivity contribution in [1.29, 1.82) is 0 Å². The monoisotopic (exact) mass is 298 g/mol. The van der Waals surface area contributed by atoms with Crippen molar-refractivity contribution in [1.82, 2.24) is 0 Å². The molecular weight excluding hydrogens is 268 g/mol. The maximum Gasteiger partial charge on any atom is 0.0947 e. The summed E-state index contributed by atoms with van der Waals surface area (Å²) in [6.07, 6.45) is 6.08. The predicted molar refractivity (Wildman–Crippen MR) is 94.8 cm³/mol. The summed E-state index contributed by atoms with van der Waals surface area (Å²) in [5.41, 5.74) is 2.79. The number of hydrogen-bond donors (Lipinski definition) is 1. The summed E-state index contributed by atoms with van der Waals surface area (Å²) in [5, 5.41) is 11.4. The lowest BCUT2D eigenvalue weighted by Gasteiger charge is -2.48. The highest BCUT2D eigenvalue weighted by Crippen LogP contribution is 2.49. The highest BCUT2D eigenvalue weighted by atomic mass is 16.3. The van der Waals surface area contributed by atoms with Crippen LogP contribution in [0.25, 0.3) is 0 Å². The van der Waals surface area contributed by atoms with Crippen molar-refractivity contribution >= 4 is 0 Å². The van der Waals surface area contributed by atoms with E-state index >= 15 is 0 Å². The van der Waals surface area contributed by atoms with Gasteiger partial charge < -0.3 is 5.11 Å². The minimum Gasteiger partial charge on any atom is -0.385 e. The second-order valence-corrected chi connectivity index (χ2v) is 8.56. The van der Waals surface area contributed by atoms with Crippen LogP contribution >= 0.6 is 0 Å². The smallest absolute Gasteiger partial charge is 0.0947 e. The quantitative estimate of drug-likeness (QED) is 0.784. The molecule has 120 valence electrons. The van der Waals surface area contributed by atoms with Gasteiger partial charge in [0.15, 0.2) is 0 Å². The summed E-state index contributed by atoms with van der Waals surface area (Å²) in [7, 11) is 0. The summed E-state index contributed by atoms with van der Waals surface area (Å²) in [6.45, 7) is 13.0. The molecule has 1 nitrogen and oxygen atoms in total. The van der Waals surface area contributed by atoms with E-state index in [-0.39, 0.29) is 10.8 Å². The summed E-state index contributed by atoms with van der Waals surface area (Å²) in [4.78, 5) is 0. The van der Waals surface area contributed by atoms with Gasteiger partial charge in [-0.1, -0.05) is 84.0 Å². The van der Waals surface area contributed by atoms with Gasteiger partial charge in [0.2, 0.25) is 0 Å². The SMILES string of the molecule is CC(C)(C)C1=CC(Cc2ccccc2)=CCC1(O)C(C)(C)C. The summed E-state index contributed by atoms with van der Waals surface area (Å²) in [6, 6.07) is 10.5. The molecule has 1 aliphatic carbocycles. The first-order valence-electron chi connectivity index (χ1n) is 8.22. The predicted octanol–water partition coefficient (Wildman–Crippen LogP) is 5.31. The van der Waals surface area contributed by atoms with Crippen LogP contribution in [0, 0.1) is 10.8 Å². The molecule has 0 saturated carbocycles. The van der Waals surface area contributed by atoms with Crippen molar-refractivity contribution in [3.05, 3.63) is 59.2 Å². The fourth-order valence-electron chi connectivity index (χ4n) is 3.25. The molecule has 1 heteroatoms. The van der Waals surface area contributed by atoms with Crippen molar-refractivity contribution < 1.29 is 5.11 Å². The molecule has 0 bridgehead atoms. The van der Waals surface area contributed by atoms with Crippen LogP contribution in [-0.2, 0) is 6.42 Å². The number of benzene rings is 1. The molecular formula is C21H30O. The molecule has 1 N–H and O–H groups in total. The molecule has 0 spiro atoms. The number of aliphatic hydroxyl groups is 1. The average molecular weight is 298 g/mol. The maximum absolute atomic E-state index is 11.4. The van der Waals surface area contributed by atoms with E-state index in [2.05, 4.69) is 78.0 Å². The Morgan fingerprint density at radius 3 is 2.09 bits per heavy atom. The van der Waals surface area contributed by atoms with E-state index in [1.807, 2.05) is 6.07 Å². The van der Waals surface area contributed by atoms with Crippen molar-refractivity contribution in [3.63, 3.8) is 0 Å². The van der Waals surface area contributed by atoms with Gasteiger partial charge in [-0.2, -0.15) is 0 Å². The normalized spacial score (nSPS) is 23.0. The molecule has 0 heterocycles. The minimum absolute atomic E-state index is 0.0434. The van der Waals surface area contributed by atoms with Crippen LogP contribution < -0.4 is 0 Å². The third-order valence-electron chi connectivity index (χ3n) is 4.73. The Kier molecular flexibility index (Phi) is 4.41. The molecule has 0 saturated heterocycles. The summed E-state index contributed by atoms with van der Waals surface area (Å²) >= 11 is 0. The molecule has 1 aliphatic rings. The van der Waals surface area contributed by atoms with Gasteiger partial charge in [-0.25, -0.2) is 0 Å². The first-order valence-corrected chi connectivity index (χ1v) is 8.22. The van der Waals surface area contributed by atoms with Crippen LogP contribution in [0.15, 0.2) is 53.6 Å². The van der Waals surface area contributed by atoms with Crippen molar-refractivity contribution in [2.75, 3.05) is 0 Å². The van der Waals surface area contributed by atoms with Crippen LogP contribution in [0.5, 0.6) is 0 Å². The second-order valence-electron chi connectivity index (χ2n) is 8.56. The highest BCUT2D eigenvalue weighted by Gasteiger charge is 2.47. The zero-order valence-electron chi connectivity index (χ0n) is 14.9. The van der Waals surface area contributed by atoms with Gasteiger partial charge in [-0.15, -0.1) is 0 Å². The van der Waals surface area contributed by atoms with E-state index in [4.69, 9.17) is 0 Å². The highest BCUT2D eigenvalue weighted by molar-refractivity contribution is 5.41. The Hall–Kier alpha value is -1.34. The lowest BCUT2D eigenvalue weighted by atomic mass is 9.61. The van der Waals surface area contributed by atoms with Gasteiger partial charge in [0.25, 0.3) is 0 Å². The molecule has 0 aromatic heterocycles. The lowest BCUT2D eigenvalue weighted by Crippen LogP contribution is -2.48. The van der Waals surface area contributed by atoms with Gasteiger partial charge >= 0.3 is 0 Å². The van der Waals surface area contributed by atoms with Crippen LogP contribution in [0.3, 0.4) is 0 Å². The molecule has 22 heavy (non-hydrogen) atoms. The van der Waals surface area contributed by atoms with Gasteiger partial charge in [0.1, 0.15) is 0 Å². The molecule has 0 amide bonds. The molecule has 1 aromatic rings. The largest absolute Gasteiger partial charge is 0.385 e. The first kappa shape index (κ1) is 17.0. The molecule has 1 aromatic carbocycles. The van der Waals surface area contributed by atoms with E-state index < -0.39 is 5.60 Å². The van der Waals surface area contributed by atoms with Gasteiger partial charge in [0, 0.05) is 0 Å². The fourth-order valence-corrected chi connectivity index (χ4v) is 3.25. The van der Waals surface area contributed by atoms with E-state index in [9.17, 15) is 5.11 Å². The minimum atomic E-state index is -0.772. The number of rotatable bonds is 2. The van der Waals surface area contributed by atoms with Gasteiger partial charge in [-0.05, 0) is 40.4 Å². The molecule has 2 rings (SSSR count). The maximum atomic E-state index is 11.4. The number of allylic oxidation sites excluding steroid dienone is 2. The summed E-state index contributed by atoms with van der Waals surface area (Å²) in [5.74, 6) is 0. The number of hydrogen-bond acceptors (Lipinski definition) is 1. The Morgan fingerprint density at radius 1 is 1.00 bits per heavy atom. The fraction of sp³-hybridized carbons (Fsp3) is 0.524. The Labute approximate surface area is 135 Å². The van der Waals surface area contributed by atoms with Crippen molar-refractivity contribution in [3.8, 4) is 0 Å². The van der Waals surface area contributed by atoms with E-state index in [0.717, 1.165) is 12.0 Å². The first-order chi connectivity index (χ1) is 10.0. The Morgan fingerprint density at radius 2 is 1.59 bits per heavy atom. The third kappa shape index (κ3) is 3.35. The van der Waals surface area contributed by atoms with Gasteiger partial charge in [-0.3, -0.25) is 0 Å². The molecule has 1 unspecified atom stereocenters. The Balaban J connectivity index is 2.37.